The zero-order chi connectivity index (χ0) is 23.2. The van der Waals surface area contributed by atoms with Crippen molar-refractivity contribution in [1.82, 2.24) is 19.1 Å². The molecule has 0 spiro atoms. The highest BCUT2D eigenvalue weighted by Gasteiger charge is 2.43. The number of halogens is 2. The first-order chi connectivity index (χ1) is 16.5. The maximum Gasteiger partial charge on any atom is 0.387 e. The number of hydrogen-bond acceptors (Lipinski definition) is 7. The van der Waals surface area contributed by atoms with Gasteiger partial charge < -0.3 is 15.0 Å². The van der Waals surface area contributed by atoms with Gasteiger partial charge in [0.05, 0.1) is 5.69 Å². The van der Waals surface area contributed by atoms with Crippen molar-refractivity contribution in [3.63, 3.8) is 0 Å². The number of piperidine rings is 1. The minimum Gasteiger partial charge on any atom is -0.435 e. The van der Waals surface area contributed by atoms with E-state index in [-0.39, 0.29) is 11.7 Å². The lowest BCUT2D eigenvalue weighted by Crippen LogP contribution is -2.48. The molecule has 2 bridgehead atoms. The van der Waals surface area contributed by atoms with Crippen LogP contribution in [-0.4, -0.2) is 44.9 Å². The summed E-state index contributed by atoms with van der Waals surface area (Å²) in [6, 6.07) is 9.50. The van der Waals surface area contributed by atoms with Gasteiger partial charge in [-0.15, -0.1) is 5.10 Å². The van der Waals surface area contributed by atoms with Crippen molar-refractivity contribution < 1.29 is 13.5 Å². The number of ether oxygens (including phenoxy) is 1. The van der Waals surface area contributed by atoms with E-state index in [1.807, 2.05) is 23.7 Å². The molecule has 2 aliphatic heterocycles. The highest BCUT2D eigenvalue weighted by Crippen LogP contribution is 2.41. The van der Waals surface area contributed by atoms with E-state index in [4.69, 9.17) is 10.1 Å². The standard InChI is InChI=1S/C24H28F2N6OS/c1-14-11-20(34-30-14)31-12-16-4-5-17(13-31)21(16)27-24-28-22-19(3-2-10-32(22)29-24)15-6-8-18(9-7-15)33-23(25)26/h6-9,11,16-17,19,21,23H,2-5,10,12-13H2,1H3,(H,27,29)/t16-,17+,19?,21?. The molecule has 2 unspecified atom stereocenters. The van der Waals surface area contributed by atoms with Crippen molar-refractivity contribution in [1.29, 1.82) is 0 Å². The van der Waals surface area contributed by atoms with Gasteiger partial charge in [-0.05, 0) is 79.7 Å². The molecule has 0 amide bonds. The van der Waals surface area contributed by atoms with Gasteiger partial charge in [-0.2, -0.15) is 18.1 Å². The van der Waals surface area contributed by atoms with Crippen LogP contribution in [0.25, 0.3) is 0 Å². The Morgan fingerprint density at radius 3 is 2.56 bits per heavy atom. The number of anilines is 2. The first kappa shape index (κ1) is 21.8. The third-order valence-electron chi connectivity index (χ3n) is 7.44. The zero-order valence-corrected chi connectivity index (χ0v) is 19.8. The normalized spacial score (nSPS) is 26.1. The smallest absolute Gasteiger partial charge is 0.387 e. The van der Waals surface area contributed by atoms with Crippen LogP contribution in [0.2, 0.25) is 0 Å². The minimum atomic E-state index is -2.81. The number of nitrogens with zero attached hydrogens (tertiary/aromatic N) is 5. The second-order valence-electron chi connectivity index (χ2n) is 9.64. The van der Waals surface area contributed by atoms with Gasteiger partial charge in [-0.1, -0.05) is 12.1 Å². The summed E-state index contributed by atoms with van der Waals surface area (Å²) in [6.45, 7) is 2.17. The van der Waals surface area contributed by atoms with E-state index in [1.54, 1.807) is 23.7 Å². The molecule has 3 aliphatic rings. The fraction of sp³-hybridized carbons (Fsp3) is 0.542. The van der Waals surface area contributed by atoms with Gasteiger partial charge in [-0.3, -0.25) is 0 Å². The van der Waals surface area contributed by atoms with Crippen molar-refractivity contribution in [3.05, 3.63) is 47.4 Å². The first-order valence-corrected chi connectivity index (χ1v) is 12.7. The van der Waals surface area contributed by atoms with Crippen LogP contribution in [0, 0.1) is 18.8 Å². The molecule has 1 saturated carbocycles. The van der Waals surface area contributed by atoms with Gasteiger partial charge >= 0.3 is 6.61 Å². The van der Waals surface area contributed by atoms with Crippen molar-refractivity contribution in [3.8, 4) is 5.75 Å². The molecule has 6 rings (SSSR count). The maximum atomic E-state index is 12.5. The van der Waals surface area contributed by atoms with Crippen molar-refractivity contribution in [2.45, 2.75) is 57.7 Å². The fourth-order valence-electron chi connectivity index (χ4n) is 5.90. The largest absolute Gasteiger partial charge is 0.435 e. The molecule has 10 heteroatoms. The van der Waals surface area contributed by atoms with Crippen LogP contribution in [0.5, 0.6) is 5.75 Å². The van der Waals surface area contributed by atoms with E-state index >= 15 is 0 Å². The maximum absolute atomic E-state index is 12.5. The number of hydrogen-bond donors (Lipinski definition) is 1. The van der Waals surface area contributed by atoms with Crippen LogP contribution in [0.15, 0.2) is 30.3 Å². The number of aromatic nitrogens is 4. The van der Waals surface area contributed by atoms with Crippen LogP contribution in [-0.2, 0) is 6.54 Å². The topological polar surface area (TPSA) is 68.1 Å². The van der Waals surface area contributed by atoms with Gasteiger partial charge in [0.25, 0.3) is 0 Å². The molecule has 3 aromatic rings. The van der Waals surface area contributed by atoms with Crippen molar-refractivity contribution in [2.75, 3.05) is 23.3 Å². The summed E-state index contributed by atoms with van der Waals surface area (Å²) in [5.74, 6) is 3.07. The van der Waals surface area contributed by atoms with E-state index in [2.05, 4.69) is 25.4 Å². The van der Waals surface area contributed by atoms with Gasteiger partial charge in [0.15, 0.2) is 0 Å². The predicted octanol–water partition coefficient (Wildman–Crippen LogP) is 4.90. The first-order valence-electron chi connectivity index (χ1n) is 12.0. The van der Waals surface area contributed by atoms with E-state index in [0.717, 1.165) is 49.6 Å². The summed E-state index contributed by atoms with van der Waals surface area (Å²) in [7, 11) is 0. The number of aryl methyl sites for hydroxylation is 2. The van der Waals surface area contributed by atoms with Crippen LogP contribution in [0.3, 0.4) is 0 Å². The lowest BCUT2D eigenvalue weighted by atomic mass is 9.91. The lowest BCUT2D eigenvalue weighted by Gasteiger charge is -2.38. The second kappa shape index (κ2) is 8.79. The van der Waals surface area contributed by atoms with Gasteiger partial charge in [0.1, 0.15) is 16.6 Å². The van der Waals surface area contributed by atoms with Gasteiger partial charge in [0.2, 0.25) is 5.95 Å². The second-order valence-corrected chi connectivity index (χ2v) is 10.4. The number of nitrogens with one attached hydrogen (secondary N) is 1. The Labute approximate surface area is 201 Å². The average molecular weight is 487 g/mol. The fourth-order valence-corrected chi connectivity index (χ4v) is 6.67. The molecular weight excluding hydrogens is 458 g/mol. The molecule has 180 valence electrons. The Morgan fingerprint density at radius 1 is 1.12 bits per heavy atom. The molecule has 1 N–H and O–H groups in total. The van der Waals surface area contributed by atoms with E-state index < -0.39 is 6.61 Å². The molecule has 4 atom stereocenters. The van der Waals surface area contributed by atoms with Crippen LogP contribution in [0.4, 0.5) is 19.7 Å². The minimum absolute atomic E-state index is 0.102. The van der Waals surface area contributed by atoms with Gasteiger partial charge in [0, 0.05) is 31.6 Å². The molecule has 1 aromatic carbocycles. The lowest BCUT2D eigenvalue weighted by molar-refractivity contribution is -0.0498. The van der Waals surface area contributed by atoms with Crippen LogP contribution in [0.1, 0.15) is 48.7 Å². The highest BCUT2D eigenvalue weighted by molar-refractivity contribution is 7.10. The Morgan fingerprint density at radius 2 is 1.88 bits per heavy atom. The molecular formula is C24H28F2N6OS. The number of benzene rings is 1. The van der Waals surface area contributed by atoms with Crippen LogP contribution >= 0.6 is 11.5 Å². The Kier molecular flexibility index (Phi) is 5.63. The van der Waals surface area contributed by atoms with E-state index in [9.17, 15) is 8.78 Å². The summed E-state index contributed by atoms with van der Waals surface area (Å²) in [5.41, 5.74) is 2.14. The summed E-state index contributed by atoms with van der Waals surface area (Å²) < 4.78 is 35.9. The van der Waals surface area contributed by atoms with Crippen molar-refractivity contribution in [2.24, 2.45) is 11.8 Å². The monoisotopic (exact) mass is 486 g/mol. The van der Waals surface area contributed by atoms with E-state index in [1.165, 1.54) is 17.8 Å². The predicted molar refractivity (Wildman–Crippen MR) is 127 cm³/mol. The summed E-state index contributed by atoms with van der Waals surface area (Å²) in [5, 5.41) is 9.77. The molecule has 2 aromatic heterocycles. The Bertz CT molecular complexity index is 1130. The number of fused-ring (bicyclic) bond motifs is 3. The van der Waals surface area contributed by atoms with Crippen LogP contribution < -0.4 is 15.0 Å². The molecule has 34 heavy (non-hydrogen) atoms. The summed E-state index contributed by atoms with van der Waals surface area (Å²) in [4.78, 5) is 7.41. The van der Waals surface area contributed by atoms with Gasteiger partial charge in [-0.25, -0.2) is 4.68 Å². The molecule has 4 heterocycles. The summed E-state index contributed by atoms with van der Waals surface area (Å²) >= 11 is 1.60. The zero-order valence-electron chi connectivity index (χ0n) is 19.0. The average Bonchev–Trinajstić information content (AvgIpc) is 3.49. The molecule has 2 fully saturated rings. The molecule has 7 nitrogen and oxygen atoms in total. The summed E-state index contributed by atoms with van der Waals surface area (Å²) in [6.07, 6.45) is 4.42. The Hall–Kier alpha value is -2.75. The molecule has 1 saturated heterocycles. The van der Waals surface area contributed by atoms with E-state index in [0.29, 0.717) is 23.8 Å². The Balaban J connectivity index is 1.17. The SMILES string of the molecule is Cc1cc(N2C[C@H]3CC[C@@H](C2)C3Nc2nc3n(n2)CCCC3c2ccc(OC(F)F)cc2)sn1. The third-order valence-corrected chi connectivity index (χ3v) is 8.38. The number of alkyl halides is 2. The number of rotatable bonds is 6. The quantitative estimate of drug-likeness (QED) is 0.535. The highest BCUT2D eigenvalue weighted by atomic mass is 32.1. The van der Waals surface area contributed by atoms with Crippen molar-refractivity contribution >= 4 is 22.5 Å². The molecule has 0 radical (unpaired) electrons. The third kappa shape index (κ3) is 4.12. The molecule has 1 aliphatic carbocycles.